The van der Waals surface area contributed by atoms with Crippen LogP contribution in [0.25, 0.3) is 0 Å². The quantitative estimate of drug-likeness (QED) is 0.871. The normalized spacial score (nSPS) is 39.3. The lowest BCUT2D eigenvalue weighted by Crippen LogP contribution is -2.67. The summed E-state index contributed by atoms with van der Waals surface area (Å²) in [5.74, 6) is 0.522. The van der Waals surface area contributed by atoms with Gasteiger partial charge in [0.1, 0.15) is 10.3 Å². The maximum absolute atomic E-state index is 12.2. The van der Waals surface area contributed by atoms with Crippen LogP contribution < -0.4 is 0 Å². The first-order valence-corrected chi connectivity index (χ1v) is 9.13. The fourth-order valence-corrected chi connectivity index (χ4v) is 6.00. The zero-order valence-corrected chi connectivity index (χ0v) is 13.5. The molecule has 6 heteroatoms. The second-order valence-corrected chi connectivity index (χ2v) is 9.49. The largest absolute Gasteiger partial charge is 0.387 e. The molecule has 20 heavy (non-hydrogen) atoms. The van der Waals surface area contributed by atoms with Gasteiger partial charge in [0.15, 0.2) is 0 Å². The van der Waals surface area contributed by atoms with Crippen molar-refractivity contribution in [3.63, 3.8) is 0 Å². The summed E-state index contributed by atoms with van der Waals surface area (Å²) in [5.41, 5.74) is -1.03. The highest BCUT2D eigenvalue weighted by molar-refractivity contribution is 7.89. The summed E-state index contributed by atoms with van der Waals surface area (Å²) < 4.78 is 30.0. The van der Waals surface area contributed by atoms with Crippen LogP contribution in [0.1, 0.15) is 33.6 Å². The summed E-state index contributed by atoms with van der Waals surface area (Å²) in [4.78, 5) is 0. The fourth-order valence-electron chi connectivity index (χ4n) is 3.87. The minimum Gasteiger partial charge on any atom is -0.387 e. The Balaban J connectivity index is 1.83. The lowest BCUT2D eigenvalue weighted by Gasteiger charge is -2.64. The first-order valence-electron chi connectivity index (χ1n) is 6.85. The number of fused-ring (bicyclic) bond motifs is 2. The Morgan fingerprint density at radius 2 is 2.05 bits per heavy atom. The van der Waals surface area contributed by atoms with Gasteiger partial charge in [0.25, 0.3) is 0 Å². The van der Waals surface area contributed by atoms with E-state index in [1.54, 1.807) is 18.4 Å². The topological polar surface area (TPSA) is 63.6 Å². The van der Waals surface area contributed by atoms with Gasteiger partial charge in [0, 0.05) is 0 Å². The zero-order valence-electron chi connectivity index (χ0n) is 11.9. The molecule has 3 aliphatic rings. The Bertz CT molecular complexity index is 601. The van der Waals surface area contributed by atoms with Crippen LogP contribution >= 0.6 is 11.3 Å². The van der Waals surface area contributed by atoms with Gasteiger partial charge in [0.2, 0.25) is 0 Å². The lowest BCUT2D eigenvalue weighted by molar-refractivity contribution is -0.237. The van der Waals surface area contributed by atoms with E-state index in [0.29, 0.717) is 12.3 Å². The van der Waals surface area contributed by atoms with Crippen LogP contribution in [0.4, 0.5) is 0 Å². The first kappa shape index (κ1) is 14.5. The monoisotopic (exact) mass is 316 g/mol. The van der Waals surface area contributed by atoms with Crippen LogP contribution in [0.2, 0.25) is 0 Å². The van der Waals surface area contributed by atoms with Gasteiger partial charge in [-0.25, -0.2) is 0 Å². The molecule has 3 saturated carbocycles. The number of hydrogen-bond acceptors (Lipinski definition) is 5. The number of aliphatic hydroxyl groups is 1. The Morgan fingerprint density at radius 1 is 1.35 bits per heavy atom. The Kier molecular flexibility index (Phi) is 3.11. The van der Waals surface area contributed by atoms with Crippen molar-refractivity contribution in [2.24, 2.45) is 17.3 Å². The van der Waals surface area contributed by atoms with E-state index in [1.807, 2.05) is 0 Å². The molecule has 1 aromatic rings. The average Bonchev–Trinajstić information content (AvgIpc) is 2.84. The molecule has 0 saturated heterocycles. The van der Waals surface area contributed by atoms with Gasteiger partial charge in [-0.3, -0.25) is 4.18 Å². The predicted molar refractivity (Wildman–Crippen MR) is 77.0 cm³/mol. The third kappa shape index (κ3) is 1.96. The number of thiophene rings is 1. The Labute approximate surface area is 123 Å². The van der Waals surface area contributed by atoms with Crippen molar-refractivity contribution in [3.8, 4) is 0 Å². The van der Waals surface area contributed by atoms with E-state index in [1.165, 1.54) is 6.07 Å². The minimum absolute atomic E-state index is 0.0655. The van der Waals surface area contributed by atoms with Gasteiger partial charge in [0.05, 0.1) is 5.60 Å². The molecule has 0 radical (unpaired) electrons. The molecule has 0 aliphatic heterocycles. The van der Waals surface area contributed by atoms with Crippen LogP contribution in [0.3, 0.4) is 0 Å². The SMILES string of the molecule is CC1(C)C2CC(OS(=O)(=O)c3cccs3)C(C)(O)C1C2. The second kappa shape index (κ2) is 4.29. The van der Waals surface area contributed by atoms with E-state index in [9.17, 15) is 13.5 Å². The van der Waals surface area contributed by atoms with Crippen molar-refractivity contribution >= 4 is 21.5 Å². The summed E-state index contributed by atoms with van der Waals surface area (Å²) >= 11 is 1.14. The summed E-state index contributed by atoms with van der Waals surface area (Å²) in [6.07, 6.45) is 0.909. The molecule has 0 amide bonds. The van der Waals surface area contributed by atoms with Crippen LogP contribution in [0.5, 0.6) is 0 Å². The van der Waals surface area contributed by atoms with E-state index < -0.39 is 21.8 Å². The van der Waals surface area contributed by atoms with Gasteiger partial charge in [-0.1, -0.05) is 19.9 Å². The van der Waals surface area contributed by atoms with E-state index in [2.05, 4.69) is 13.8 Å². The maximum atomic E-state index is 12.2. The van der Waals surface area contributed by atoms with Crippen LogP contribution in [0.15, 0.2) is 21.7 Å². The van der Waals surface area contributed by atoms with Gasteiger partial charge in [-0.15, -0.1) is 11.3 Å². The molecule has 0 spiro atoms. The van der Waals surface area contributed by atoms with Gasteiger partial charge >= 0.3 is 10.1 Å². The molecule has 1 heterocycles. The molecular weight excluding hydrogens is 296 g/mol. The number of rotatable bonds is 3. The van der Waals surface area contributed by atoms with E-state index >= 15 is 0 Å². The first-order chi connectivity index (χ1) is 9.15. The molecule has 2 bridgehead atoms. The third-order valence-electron chi connectivity index (χ3n) is 5.31. The minimum atomic E-state index is -3.77. The van der Waals surface area contributed by atoms with Crippen molar-refractivity contribution < 1.29 is 17.7 Å². The molecule has 1 aromatic heterocycles. The van der Waals surface area contributed by atoms with Crippen molar-refractivity contribution in [2.75, 3.05) is 0 Å². The molecule has 4 nitrogen and oxygen atoms in total. The lowest BCUT2D eigenvalue weighted by atomic mass is 9.43. The van der Waals surface area contributed by atoms with E-state index in [4.69, 9.17) is 4.18 Å². The van der Waals surface area contributed by atoms with Gasteiger partial charge in [-0.2, -0.15) is 8.42 Å². The standard InChI is InChI=1S/C14H20O4S2/c1-13(2)9-7-10(13)14(3,15)11(8-9)18-20(16,17)12-5-4-6-19-12/h4-6,9-11,15H,7-8H2,1-3H3. The third-order valence-corrected chi connectivity index (χ3v) is 7.99. The van der Waals surface area contributed by atoms with Crippen molar-refractivity contribution in [1.29, 1.82) is 0 Å². The summed E-state index contributed by atoms with van der Waals surface area (Å²) in [5, 5.41) is 12.5. The average molecular weight is 316 g/mol. The molecule has 3 fully saturated rings. The molecule has 3 aliphatic carbocycles. The van der Waals surface area contributed by atoms with Crippen LogP contribution in [0, 0.1) is 17.3 Å². The molecular formula is C14H20O4S2. The molecule has 4 unspecified atom stereocenters. The van der Waals surface area contributed by atoms with Crippen molar-refractivity contribution in [3.05, 3.63) is 17.5 Å². The van der Waals surface area contributed by atoms with E-state index in [-0.39, 0.29) is 15.5 Å². The second-order valence-electron chi connectivity index (χ2n) is 6.74. The van der Waals surface area contributed by atoms with E-state index in [0.717, 1.165) is 17.8 Å². The van der Waals surface area contributed by atoms with Crippen molar-refractivity contribution in [1.82, 2.24) is 0 Å². The summed E-state index contributed by atoms with van der Waals surface area (Å²) in [6, 6.07) is 3.21. The van der Waals surface area contributed by atoms with Crippen LogP contribution in [-0.4, -0.2) is 25.2 Å². The van der Waals surface area contributed by atoms with Gasteiger partial charge in [-0.05, 0) is 48.5 Å². The van der Waals surface area contributed by atoms with Crippen LogP contribution in [-0.2, 0) is 14.3 Å². The summed E-state index contributed by atoms with van der Waals surface area (Å²) in [7, 11) is -3.77. The highest BCUT2D eigenvalue weighted by atomic mass is 32.3. The molecule has 4 rings (SSSR count). The Morgan fingerprint density at radius 3 is 2.55 bits per heavy atom. The predicted octanol–water partition coefficient (Wildman–Crippen LogP) is 2.64. The maximum Gasteiger partial charge on any atom is 0.306 e. The number of hydrogen-bond donors (Lipinski definition) is 1. The highest BCUT2D eigenvalue weighted by Crippen LogP contribution is 2.63. The Hall–Kier alpha value is -0.430. The van der Waals surface area contributed by atoms with Gasteiger partial charge < -0.3 is 5.11 Å². The molecule has 0 aromatic carbocycles. The zero-order chi connectivity index (χ0) is 14.8. The fraction of sp³-hybridized carbons (Fsp3) is 0.714. The highest BCUT2D eigenvalue weighted by Gasteiger charge is 2.64. The molecule has 112 valence electrons. The van der Waals surface area contributed by atoms with Crippen molar-refractivity contribution in [2.45, 2.75) is 49.5 Å². The smallest absolute Gasteiger partial charge is 0.306 e. The molecule has 1 N–H and O–H groups in total. The summed E-state index contributed by atoms with van der Waals surface area (Å²) in [6.45, 7) is 6.00. The molecule has 4 atom stereocenters.